The van der Waals surface area contributed by atoms with Crippen LogP contribution in [0, 0.1) is 32.1 Å². The van der Waals surface area contributed by atoms with Crippen molar-refractivity contribution in [2.45, 2.75) is 20.8 Å². The van der Waals surface area contributed by atoms with Gasteiger partial charge in [-0.25, -0.2) is 9.97 Å². The van der Waals surface area contributed by atoms with Gasteiger partial charge >= 0.3 is 0 Å². The lowest BCUT2D eigenvalue weighted by Gasteiger charge is -2.05. The zero-order valence-electron chi connectivity index (χ0n) is 20.0. The maximum atomic E-state index is 13.5. The van der Waals surface area contributed by atoms with E-state index in [0.29, 0.717) is 38.9 Å². The second-order valence-electron chi connectivity index (χ2n) is 8.91. The number of nitrogens with one attached hydrogen (secondary N) is 1. The van der Waals surface area contributed by atoms with E-state index < -0.39 is 0 Å². The van der Waals surface area contributed by atoms with Gasteiger partial charge in [0.1, 0.15) is 11.6 Å². The lowest BCUT2D eigenvalue weighted by molar-refractivity contribution is 0.617. The first-order valence-electron chi connectivity index (χ1n) is 11.5. The van der Waals surface area contributed by atoms with Gasteiger partial charge in [0.05, 0.1) is 21.8 Å². The molecule has 3 aromatic heterocycles. The summed E-state index contributed by atoms with van der Waals surface area (Å²) < 4.78 is 7.57. The number of pyridine rings is 1. The van der Waals surface area contributed by atoms with Crippen molar-refractivity contribution in [1.29, 1.82) is 5.26 Å². The molecule has 0 radical (unpaired) electrons. The molecule has 0 bridgehead atoms. The Kier molecular flexibility index (Phi) is 4.83. The minimum Gasteiger partial charge on any atom is -0.436 e. The van der Waals surface area contributed by atoms with Gasteiger partial charge in [-0.05, 0) is 73.9 Å². The maximum Gasteiger partial charge on any atom is 0.265 e. The zero-order valence-corrected chi connectivity index (χ0v) is 20.0. The molecule has 0 aliphatic rings. The Morgan fingerprint density at radius 3 is 2.67 bits per heavy atom. The average molecular weight is 472 g/mol. The predicted molar refractivity (Wildman–Crippen MR) is 141 cm³/mol. The number of nitriles is 1. The van der Waals surface area contributed by atoms with E-state index in [1.54, 1.807) is 13.1 Å². The maximum absolute atomic E-state index is 13.5. The van der Waals surface area contributed by atoms with Gasteiger partial charge in [-0.15, -0.1) is 0 Å². The number of fused-ring (bicyclic) bond motifs is 4. The molecular formula is C29H21N5O2. The molecule has 0 fully saturated rings. The summed E-state index contributed by atoms with van der Waals surface area (Å²) in [5, 5.41) is 13.5. The van der Waals surface area contributed by atoms with Gasteiger partial charge < -0.3 is 9.73 Å². The molecule has 174 valence electrons. The smallest absolute Gasteiger partial charge is 0.265 e. The van der Waals surface area contributed by atoms with Crippen LogP contribution in [0.2, 0.25) is 0 Å². The van der Waals surface area contributed by atoms with E-state index in [2.05, 4.69) is 27.4 Å². The van der Waals surface area contributed by atoms with Gasteiger partial charge in [0.15, 0.2) is 11.2 Å². The number of aryl methyl sites for hydroxylation is 2. The van der Waals surface area contributed by atoms with Crippen LogP contribution in [0.15, 0.2) is 69.9 Å². The molecule has 0 aliphatic carbocycles. The number of rotatable bonds is 3. The molecule has 3 heterocycles. The first-order valence-corrected chi connectivity index (χ1v) is 11.5. The quantitative estimate of drug-likeness (QED) is 0.389. The summed E-state index contributed by atoms with van der Waals surface area (Å²) >= 11 is 0. The Balaban J connectivity index is 1.45. The third-order valence-corrected chi connectivity index (χ3v) is 6.42. The fraction of sp³-hybridized carbons (Fsp3) is 0.103. The van der Waals surface area contributed by atoms with Gasteiger partial charge in [-0.3, -0.25) is 9.20 Å². The van der Waals surface area contributed by atoms with Crippen molar-refractivity contribution >= 4 is 39.7 Å². The van der Waals surface area contributed by atoms with Gasteiger partial charge in [-0.2, -0.15) is 5.26 Å². The first-order chi connectivity index (χ1) is 17.4. The highest BCUT2D eigenvalue weighted by Gasteiger charge is 2.16. The molecular weight excluding hydrogens is 450 g/mol. The van der Waals surface area contributed by atoms with Crippen LogP contribution in [0.5, 0.6) is 0 Å². The number of benzene rings is 3. The van der Waals surface area contributed by atoms with Crippen LogP contribution in [-0.4, -0.2) is 14.4 Å². The zero-order chi connectivity index (χ0) is 25.0. The Hall–Kier alpha value is -4.96. The largest absolute Gasteiger partial charge is 0.436 e. The summed E-state index contributed by atoms with van der Waals surface area (Å²) in [7, 11) is 0. The van der Waals surface area contributed by atoms with Gasteiger partial charge in [0, 0.05) is 17.5 Å². The highest BCUT2D eigenvalue weighted by molar-refractivity contribution is 5.83. The monoisotopic (exact) mass is 471 g/mol. The van der Waals surface area contributed by atoms with Crippen molar-refractivity contribution in [3.63, 3.8) is 0 Å². The molecule has 0 unspecified atom stereocenters. The van der Waals surface area contributed by atoms with E-state index in [-0.39, 0.29) is 5.56 Å². The van der Waals surface area contributed by atoms with E-state index in [4.69, 9.17) is 4.42 Å². The van der Waals surface area contributed by atoms with Crippen LogP contribution in [0.1, 0.15) is 22.3 Å². The molecule has 36 heavy (non-hydrogen) atoms. The first kappa shape index (κ1) is 21.6. The van der Waals surface area contributed by atoms with E-state index in [1.807, 2.05) is 68.4 Å². The minimum atomic E-state index is -0.233. The van der Waals surface area contributed by atoms with Gasteiger partial charge in [0.25, 0.3) is 5.56 Å². The number of hydrogen-bond acceptors (Lipinski definition) is 6. The summed E-state index contributed by atoms with van der Waals surface area (Å²) in [6, 6.07) is 21.3. The molecule has 0 saturated heterocycles. The Bertz CT molecular complexity index is 1990. The number of para-hydroxylation sites is 2. The van der Waals surface area contributed by atoms with Crippen molar-refractivity contribution < 1.29 is 4.42 Å². The second-order valence-corrected chi connectivity index (χ2v) is 8.91. The van der Waals surface area contributed by atoms with Crippen LogP contribution >= 0.6 is 0 Å². The van der Waals surface area contributed by atoms with E-state index in [9.17, 15) is 10.1 Å². The second kappa shape index (κ2) is 8.07. The topological polar surface area (TPSA) is 96.2 Å². The molecule has 0 aliphatic heterocycles. The molecule has 6 aromatic rings. The van der Waals surface area contributed by atoms with Crippen LogP contribution in [0.25, 0.3) is 45.4 Å². The van der Waals surface area contributed by atoms with E-state index in [0.717, 1.165) is 33.5 Å². The molecule has 3 aromatic carbocycles. The Morgan fingerprint density at radius 2 is 1.83 bits per heavy atom. The van der Waals surface area contributed by atoms with Crippen LogP contribution < -0.4 is 16.1 Å². The third kappa shape index (κ3) is 3.31. The van der Waals surface area contributed by atoms with Crippen molar-refractivity contribution in [1.82, 2.24) is 14.4 Å². The fourth-order valence-corrected chi connectivity index (χ4v) is 4.68. The summed E-state index contributed by atoms with van der Waals surface area (Å²) in [5.74, 6) is 0.529. The number of nitrogens with zero attached hydrogens (tertiary/aromatic N) is 4. The SMILES string of the molecule is Cc1cc(C)c2oc(-c3cccc(N/C=c4/c(C)c(C#N)c5nc6ccccc6n5c4=O)c3)nc2c1. The van der Waals surface area contributed by atoms with E-state index in [1.165, 1.54) is 4.40 Å². The molecule has 0 atom stereocenters. The number of aromatic nitrogens is 3. The molecule has 6 rings (SSSR count). The Morgan fingerprint density at radius 1 is 1.00 bits per heavy atom. The molecule has 7 heteroatoms. The third-order valence-electron chi connectivity index (χ3n) is 6.42. The highest BCUT2D eigenvalue weighted by atomic mass is 16.3. The summed E-state index contributed by atoms with van der Waals surface area (Å²) in [6.07, 6.45) is 1.64. The standard InChI is InChI=1S/C29H21N5O2/c1-16-11-17(2)26-24(12-16)33-28(36-26)19-7-6-8-20(13-19)31-15-22-18(3)21(14-30)27-32-23-9-4-5-10-25(23)34(27)29(22)35/h4-13,15,31H,1-3H3/b22-15-. The number of imidazole rings is 1. The summed E-state index contributed by atoms with van der Waals surface area (Å²) in [4.78, 5) is 22.7. The molecule has 1 N–H and O–H groups in total. The highest BCUT2D eigenvalue weighted by Crippen LogP contribution is 2.28. The molecule has 0 saturated carbocycles. The number of hydrogen-bond donors (Lipinski definition) is 1. The average Bonchev–Trinajstić information content (AvgIpc) is 3.46. The molecule has 0 amide bonds. The van der Waals surface area contributed by atoms with Crippen LogP contribution in [0.3, 0.4) is 0 Å². The molecule has 0 spiro atoms. The normalized spacial score (nSPS) is 12.0. The lowest BCUT2D eigenvalue weighted by Crippen LogP contribution is -2.34. The number of oxazole rings is 1. The van der Waals surface area contributed by atoms with Gasteiger partial charge in [0.2, 0.25) is 5.89 Å². The fourth-order valence-electron chi connectivity index (χ4n) is 4.68. The minimum absolute atomic E-state index is 0.233. The Labute approximate surface area is 205 Å². The summed E-state index contributed by atoms with van der Waals surface area (Å²) in [6.45, 7) is 5.82. The van der Waals surface area contributed by atoms with Crippen molar-refractivity contribution in [3.05, 3.63) is 98.5 Å². The predicted octanol–water partition coefficient (Wildman–Crippen LogP) is 5.02. The number of anilines is 1. The van der Waals surface area contributed by atoms with Crippen molar-refractivity contribution in [3.8, 4) is 17.5 Å². The van der Waals surface area contributed by atoms with Crippen LogP contribution in [0.4, 0.5) is 5.69 Å². The molecule has 7 nitrogen and oxygen atoms in total. The van der Waals surface area contributed by atoms with E-state index >= 15 is 0 Å². The van der Waals surface area contributed by atoms with Crippen molar-refractivity contribution in [2.24, 2.45) is 0 Å². The van der Waals surface area contributed by atoms with Crippen LogP contribution in [-0.2, 0) is 0 Å². The lowest BCUT2D eigenvalue weighted by atomic mass is 10.1. The summed E-state index contributed by atoms with van der Waals surface area (Å²) in [5.41, 5.74) is 7.80. The van der Waals surface area contributed by atoms with Gasteiger partial charge in [-0.1, -0.05) is 24.3 Å². The van der Waals surface area contributed by atoms with Crippen molar-refractivity contribution in [2.75, 3.05) is 5.32 Å².